The molecule has 1 N–H and O–H groups in total. The minimum absolute atomic E-state index is 0.171. The van der Waals surface area contributed by atoms with Gasteiger partial charge in [-0.3, -0.25) is 9.10 Å². The van der Waals surface area contributed by atoms with Crippen molar-refractivity contribution in [2.24, 2.45) is 0 Å². The number of halogens is 1. The molecule has 0 bridgehead atoms. The topological polar surface area (TPSA) is 66.5 Å². The van der Waals surface area contributed by atoms with Crippen LogP contribution < -0.4 is 9.62 Å². The van der Waals surface area contributed by atoms with Crippen molar-refractivity contribution in [2.45, 2.75) is 20.4 Å². The lowest BCUT2D eigenvalue weighted by molar-refractivity contribution is 0.102. The summed E-state index contributed by atoms with van der Waals surface area (Å²) in [6.45, 7) is 4.10. The van der Waals surface area contributed by atoms with E-state index < -0.39 is 10.0 Å². The molecule has 0 saturated carbocycles. The molecule has 0 spiro atoms. The predicted octanol–water partition coefficient (Wildman–Crippen LogP) is 5.18. The van der Waals surface area contributed by atoms with E-state index in [4.69, 9.17) is 11.6 Å². The number of benzene rings is 3. The van der Waals surface area contributed by atoms with Crippen LogP contribution in [0.25, 0.3) is 0 Å². The highest BCUT2D eigenvalue weighted by molar-refractivity contribution is 7.92. The lowest BCUT2D eigenvalue weighted by atomic mass is 10.1. The molecule has 30 heavy (non-hydrogen) atoms. The van der Waals surface area contributed by atoms with Crippen LogP contribution in [0.3, 0.4) is 0 Å². The monoisotopic (exact) mass is 442 g/mol. The van der Waals surface area contributed by atoms with E-state index in [0.717, 1.165) is 28.6 Å². The molecule has 3 aromatic rings. The van der Waals surface area contributed by atoms with Gasteiger partial charge >= 0.3 is 0 Å². The molecule has 0 atom stereocenters. The zero-order chi connectivity index (χ0) is 21.9. The molecule has 156 valence electrons. The summed E-state index contributed by atoms with van der Waals surface area (Å²) in [5.74, 6) is -0.253. The van der Waals surface area contributed by atoms with Gasteiger partial charge in [0.2, 0.25) is 10.0 Å². The number of sulfonamides is 1. The lowest BCUT2D eigenvalue weighted by Gasteiger charge is -2.23. The van der Waals surface area contributed by atoms with Gasteiger partial charge in [-0.25, -0.2) is 8.42 Å². The number of hydrogen-bond donors (Lipinski definition) is 1. The summed E-state index contributed by atoms with van der Waals surface area (Å²) in [5, 5.41) is 3.48. The summed E-state index contributed by atoms with van der Waals surface area (Å²) >= 11 is 5.91. The Morgan fingerprint density at radius 1 is 0.967 bits per heavy atom. The van der Waals surface area contributed by atoms with E-state index in [1.54, 1.807) is 48.5 Å². The van der Waals surface area contributed by atoms with E-state index in [2.05, 4.69) is 5.32 Å². The highest BCUT2D eigenvalue weighted by Gasteiger charge is 2.18. The average molecular weight is 443 g/mol. The number of rotatable bonds is 6. The van der Waals surface area contributed by atoms with Gasteiger partial charge in [-0.15, -0.1) is 0 Å². The molecule has 1 amide bonds. The Morgan fingerprint density at radius 3 is 2.17 bits per heavy atom. The quantitative estimate of drug-likeness (QED) is 0.572. The predicted molar refractivity (Wildman–Crippen MR) is 123 cm³/mol. The lowest BCUT2D eigenvalue weighted by Crippen LogP contribution is -2.29. The molecular formula is C23H23ClN2O3S. The van der Waals surface area contributed by atoms with Gasteiger partial charge in [0, 0.05) is 16.3 Å². The molecule has 3 rings (SSSR count). The van der Waals surface area contributed by atoms with Crippen molar-refractivity contribution in [2.75, 3.05) is 15.9 Å². The Morgan fingerprint density at radius 2 is 1.60 bits per heavy atom. The van der Waals surface area contributed by atoms with Crippen LogP contribution in [-0.4, -0.2) is 20.6 Å². The van der Waals surface area contributed by atoms with Crippen LogP contribution in [0.4, 0.5) is 11.4 Å². The molecule has 0 heterocycles. The fourth-order valence-electron chi connectivity index (χ4n) is 3.08. The minimum Gasteiger partial charge on any atom is -0.322 e. The molecule has 3 aromatic carbocycles. The van der Waals surface area contributed by atoms with Crippen LogP contribution in [-0.2, 0) is 16.6 Å². The van der Waals surface area contributed by atoms with Crippen LogP contribution in [0, 0.1) is 13.8 Å². The van der Waals surface area contributed by atoms with Crippen LogP contribution in [0.5, 0.6) is 0 Å². The Hall–Kier alpha value is -2.83. The first kappa shape index (κ1) is 21.9. The van der Waals surface area contributed by atoms with Crippen molar-refractivity contribution in [3.8, 4) is 0 Å². The summed E-state index contributed by atoms with van der Waals surface area (Å²) in [7, 11) is -3.52. The minimum atomic E-state index is -3.52. The van der Waals surface area contributed by atoms with Gasteiger partial charge in [0.05, 0.1) is 18.5 Å². The van der Waals surface area contributed by atoms with E-state index in [0.29, 0.717) is 16.3 Å². The SMILES string of the molecule is Cc1ccc(NC(=O)c2ccc(N(Cc3ccc(Cl)cc3)S(C)(=O)=O)cc2)c(C)c1. The third-order valence-corrected chi connectivity index (χ3v) is 6.08. The van der Waals surface area contributed by atoms with E-state index in [1.165, 1.54) is 4.31 Å². The van der Waals surface area contributed by atoms with Crippen molar-refractivity contribution in [3.05, 3.63) is 94.0 Å². The summed E-state index contributed by atoms with van der Waals surface area (Å²) in [5.41, 5.74) is 4.58. The highest BCUT2D eigenvalue weighted by Crippen LogP contribution is 2.23. The largest absolute Gasteiger partial charge is 0.322 e. The standard InChI is InChI=1S/C23H23ClN2O3S/c1-16-4-13-22(17(2)14-16)25-23(27)19-7-11-21(12-8-19)26(30(3,28)29)15-18-5-9-20(24)10-6-18/h4-14H,15H2,1-3H3,(H,25,27). The number of carbonyl (C=O) groups is 1. The highest BCUT2D eigenvalue weighted by atomic mass is 35.5. The van der Waals surface area contributed by atoms with E-state index in [-0.39, 0.29) is 12.5 Å². The van der Waals surface area contributed by atoms with Crippen LogP contribution in [0.1, 0.15) is 27.0 Å². The maximum Gasteiger partial charge on any atom is 0.255 e. The zero-order valence-electron chi connectivity index (χ0n) is 17.0. The Balaban J connectivity index is 1.80. The molecule has 0 radical (unpaired) electrons. The normalized spacial score (nSPS) is 11.2. The number of anilines is 2. The Labute approximate surface area is 182 Å². The maximum absolute atomic E-state index is 12.6. The first-order valence-corrected chi connectivity index (χ1v) is 11.6. The van der Waals surface area contributed by atoms with Crippen LogP contribution >= 0.6 is 11.6 Å². The summed E-state index contributed by atoms with van der Waals surface area (Å²) in [4.78, 5) is 12.6. The number of nitrogens with zero attached hydrogens (tertiary/aromatic N) is 1. The van der Waals surface area contributed by atoms with Gasteiger partial charge in [-0.1, -0.05) is 41.4 Å². The molecule has 0 aliphatic heterocycles. The maximum atomic E-state index is 12.6. The van der Waals surface area contributed by atoms with Crippen molar-refractivity contribution < 1.29 is 13.2 Å². The van der Waals surface area contributed by atoms with Crippen molar-refractivity contribution >= 4 is 38.9 Å². The average Bonchev–Trinajstić information content (AvgIpc) is 2.69. The molecule has 7 heteroatoms. The second kappa shape index (κ2) is 8.90. The summed E-state index contributed by atoms with van der Waals surface area (Å²) in [6, 6.07) is 19.3. The molecule has 5 nitrogen and oxygen atoms in total. The molecule has 0 fully saturated rings. The number of hydrogen-bond acceptors (Lipinski definition) is 3. The summed E-state index contributed by atoms with van der Waals surface area (Å²) < 4.78 is 26.0. The van der Waals surface area contributed by atoms with E-state index >= 15 is 0 Å². The number of carbonyl (C=O) groups excluding carboxylic acids is 1. The molecule has 0 aromatic heterocycles. The summed E-state index contributed by atoms with van der Waals surface area (Å²) in [6.07, 6.45) is 1.16. The van der Waals surface area contributed by atoms with Gasteiger partial charge in [-0.05, 0) is 67.4 Å². The molecule has 0 aliphatic carbocycles. The van der Waals surface area contributed by atoms with Crippen molar-refractivity contribution in [1.82, 2.24) is 0 Å². The van der Waals surface area contributed by atoms with Gasteiger partial charge in [0.15, 0.2) is 0 Å². The first-order valence-electron chi connectivity index (χ1n) is 9.34. The van der Waals surface area contributed by atoms with Crippen molar-refractivity contribution in [3.63, 3.8) is 0 Å². The third kappa shape index (κ3) is 5.40. The number of nitrogens with one attached hydrogen (secondary N) is 1. The van der Waals surface area contributed by atoms with Gasteiger partial charge < -0.3 is 5.32 Å². The van der Waals surface area contributed by atoms with Crippen molar-refractivity contribution in [1.29, 1.82) is 0 Å². The van der Waals surface area contributed by atoms with E-state index in [1.807, 2.05) is 32.0 Å². The molecule has 0 saturated heterocycles. The zero-order valence-corrected chi connectivity index (χ0v) is 18.6. The second-order valence-electron chi connectivity index (χ2n) is 7.22. The fraction of sp³-hybridized carbons (Fsp3) is 0.174. The van der Waals surface area contributed by atoms with Gasteiger partial charge in [-0.2, -0.15) is 0 Å². The molecular weight excluding hydrogens is 420 g/mol. The van der Waals surface area contributed by atoms with Crippen LogP contribution in [0.15, 0.2) is 66.7 Å². The Kier molecular flexibility index (Phi) is 6.48. The van der Waals surface area contributed by atoms with Crippen LogP contribution in [0.2, 0.25) is 5.02 Å². The first-order chi connectivity index (χ1) is 14.1. The van der Waals surface area contributed by atoms with Gasteiger partial charge in [0.1, 0.15) is 0 Å². The van der Waals surface area contributed by atoms with Gasteiger partial charge in [0.25, 0.3) is 5.91 Å². The van der Waals surface area contributed by atoms with E-state index in [9.17, 15) is 13.2 Å². The number of amides is 1. The smallest absolute Gasteiger partial charge is 0.255 e. The number of aryl methyl sites for hydroxylation is 2. The Bertz CT molecular complexity index is 1160. The second-order valence-corrected chi connectivity index (χ2v) is 9.56. The molecule has 0 unspecified atom stereocenters. The fourth-order valence-corrected chi connectivity index (χ4v) is 4.10. The molecule has 0 aliphatic rings. The third-order valence-electron chi connectivity index (χ3n) is 4.69.